The molecule has 1 aliphatic heterocycles. The number of allylic oxidation sites excluding steroid dienone is 1. The Kier molecular flexibility index (Phi) is 6.66. The molecule has 1 aromatic carbocycles. The molecule has 158 valence electrons. The summed E-state index contributed by atoms with van der Waals surface area (Å²) in [6.45, 7) is 6.17. The summed E-state index contributed by atoms with van der Waals surface area (Å²) < 4.78 is 1.74. The van der Waals surface area contributed by atoms with Crippen molar-refractivity contribution < 1.29 is 9.90 Å². The van der Waals surface area contributed by atoms with Crippen LogP contribution in [-0.4, -0.2) is 27.1 Å². The van der Waals surface area contributed by atoms with Crippen molar-refractivity contribution in [3.63, 3.8) is 0 Å². The molecule has 8 heteroatoms. The molecule has 1 amide bonds. The number of amides is 1. The zero-order valence-corrected chi connectivity index (χ0v) is 18.2. The topological polar surface area (TPSA) is 99.5 Å². The fourth-order valence-corrected chi connectivity index (χ4v) is 3.77. The molecular weight excluding hydrogens is 400 g/mol. The van der Waals surface area contributed by atoms with Crippen molar-refractivity contribution in [2.75, 3.05) is 6.54 Å². The average molecular weight is 427 g/mol. The largest absolute Gasteiger partial charge is 0.494 e. The van der Waals surface area contributed by atoms with Gasteiger partial charge in [-0.1, -0.05) is 32.0 Å². The third kappa shape index (κ3) is 4.28. The maximum atomic E-state index is 12.6. The lowest BCUT2D eigenvalue weighted by Gasteiger charge is -2.17. The van der Waals surface area contributed by atoms with E-state index in [1.807, 2.05) is 38.1 Å². The third-order valence-corrected chi connectivity index (χ3v) is 5.56. The van der Waals surface area contributed by atoms with Gasteiger partial charge in [0.15, 0.2) is 4.77 Å². The Morgan fingerprint density at radius 1 is 1.37 bits per heavy atom. The van der Waals surface area contributed by atoms with Gasteiger partial charge in [-0.3, -0.25) is 19.1 Å². The van der Waals surface area contributed by atoms with E-state index in [1.165, 1.54) is 0 Å². The van der Waals surface area contributed by atoms with Crippen LogP contribution in [0.15, 0.2) is 39.7 Å². The van der Waals surface area contributed by atoms with E-state index in [0.717, 1.165) is 22.6 Å². The van der Waals surface area contributed by atoms with Crippen molar-refractivity contribution in [3.05, 3.63) is 61.2 Å². The van der Waals surface area contributed by atoms with Crippen LogP contribution in [0.3, 0.4) is 0 Å². The first-order valence-corrected chi connectivity index (χ1v) is 10.5. The number of nitrogens with one attached hydrogen (secondary N) is 2. The smallest absolute Gasteiger partial charge is 0.262 e. The van der Waals surface area contributed by atoms with Crippen LogP contribution in [0.4, 0.5) is 0 Å². The fourth-order valence-electron chi connectivity index (χ4n) is 3.41. The highest BCUT2D eigenvalue weighted by molar-refractivity contribution is 7.71. The number of aromatic nitrogens is 2. The van der Waals surface area contributed by atoms with Crippen molar-refractivity contribution >= 4 is 29.8 Å². The quantitative estimate of drug-likeness (QED) is 0.592. The number of rotatable bonds is 7. The summed E-state index contributed by atoms with van der Waals surface area (Å²) in [5.41, 5.74) is 1.16. The molecule has 0 fully saturated rings. The number of nitrogens with zero attached hydrogens (tertiary/aromatic N) is 2. The molecule has 7 nitrogen and oxygen atoms in total. The maximum Gasteiger partial charge on any atom is 0.262 e. The molecule has 0 saturated heterocycles. The van der Waals surface area contributed by atoms with E-state index in [9.17, 15) is 14.7 Å². The van der Waals surface area contributed by atoms with Crippen LogP contribution in [0.2, 0.25) is 0 Å². The molecule has 2 heterocycles. The van der Waals surface area contributed by atoms with E-state index in [0.29, 0.717) is 25.1 Å². The molecule has 1 aliphatic rings. The monoisotopic (exact) mass is 426 g/mol. The first-order chi connectivity index (χ1) is 14.4. The number of hydrogen-bond acceptors (Lipinski definition) is 5. The van der Waals surface area contributed by atoms with Crippen LogP contribution in [0, 0.1) is 4.77 Å². The predicted octanol–water partition coefficient (Wildman–Crippen LogP) is 2.32. The van der Waals surface area contributed by atoms with Crippen molar-refractivity contribution in [1.29, 1.82) is 0 Å². The Morgan fingerprint density at radius 2 is 2.10 bits per heavy atom. The lowest BCUT2D eigenvalue weighted by molar-refractivity contribution is -0.120. The standard InChI is InChI=1S/C22H26N4O3S/c1-4-13(3)26-21(29)16(20(28)25-22(26)30)12-18-15(10-11-23-19(27)5-2)14-8-6-7-9-17(14)24-18/h6-9,12-13,29H,4-5,10-11H2,1-3H3,(H,23,27)(H,25,28,30)/b18-12-/t13-/m1/s1. The summed E-state index contributed by atoms with van der Waals surface area (Å²) in [4.78, 5) is 31.5. The first-order valence-electron chi connectivity index (χ1n) is 10.1. The van der Waals surface area contributed by atoms with E-state index in [1.54, 1.807) is 17.6 Å². The van der Waals surface area contributed by atoms with Gasteiger partial charge < -0.3 is 10.4 Å². The lowest BCUT2D eigenvalue weighted by Crippen LogP contribution is -2.26. The van der Waals surface area contributed by atoms with Gasteiger partial charge in [0.25, 0.3) is 5.56 Å². The summed E-state index contributed by atoms with van der Waals surface area (Å²) in [5.74, 6) is -0.190. The Bertz CT molecular complexity index is 1240. The Hall–Kier alpha value is -3.00. The summed E-state index contributed by atoms with van der Waals surface area (Å²) in [5, 5.41) is 15.4. The molecule has 30 heavy (non-hydrogen) atoms. The Labute approximate surface area is 179 Å². The fraction of sp³-hybridized carbons (Fsp3) is 0.364. The second-order valence-electron chi connectivity index (χ2n) is 7.21. The molecule has 0 radical (unpaired) electrons. The molecule has 0 saturated carbocycles. The number of carbonyl (C=O) groups excluding carboxylic acids is 1. The number of aromatic amines is 1. The molecule has 0 unspecified atom stereocenters. The zero-order valence-electron chi connectivity index (χ0n) is 17.4. The lowest BCUT2D eigenvalue weighted by atomic mass is 10.1. The second kappa shape index (κ2) is 9.21. The van der Waals surface area contributed by atoms with Gasteiger partial charge in [0.2, 0.25) is 11.8 Å². The van der Waals surface area contributed by atoms with Crippen LogP contribution in [0.5, 0.6) is 5.88 Å². The molecule has 0 aliphatic carbocycles. The first kappa shape index (κ1) is 21.7. The van der Waals surface area contributed by atoms with Gasteiger partial charge in [0, 0.05) is 24.2 Å². The highest BCUT2D eigenvalue weighted by Crippen LogP contribution is 2.26. The van der Waals surface area contributed by atoms with E-state index in [2.05, 4.69) is 15.3 Å². The molecule has 0 bridgehead atoms. The predicted molar refractivity (Wildman–Crippen MR) is 119 cm³/mol. The average Bonchev–Trinajstić information content (AvgIpc) is 3.07. The highest BCUT2D eigenvalue weighted by atomic mass is 32.1. The molecule has 1 atom stereocenters. The van der Waals surface area contributed by atoms with E-state index in [4.69, 9.17) is 12.2 Å². The van der Waals surface area contributed by atoms with E-state index < -0.39 is 5.56 Å². The van der Waals surface area contributed by atoms with Crippen LogP contribution in [0.1, 0.15) is 51.6 Å². The zero-order chi connectivity index (χ0) is 21.8. The number of carbonyl (C=O) groups is 1. The molecule has 0 spiro atoms. The van der Waals surface area contributed by atoms with Crippen molar-refractivity contribution in [3.8, 4) is 5.88 Å². The SMILES string of the molecule is CCC(=O)NCCC1=c2ccccc2=N/C1=C\c1c(O)n([C@H](C)CC)c(=S)[nH]c1=O. The minimum absolute atomic E-state index is 0.0194. The van der Waals surface area contributed by atoms with Crippen molar-refractivity contribution in [2.45, 2.75) is 46.1 Å². The molecular formula is C22H26N4O3S. The number of para-hydroxylation sites is 1. The van der Waals surface area contributed by atoms with E-state index in [-0.39, 0.29) is 28.2 Å². The Morgan fingerprint density at radius 3 is 2.80 bits per heavy atom. The summed E-state index contributed by atoms with van der Waals surface area (Å²) in [7, 11) is 0. The van der Waals surface area contributed by atoms with Gasteiger partial charge in [-0.05, 0) is 49.7 Å². The van der Waals surface area contributed by atoms with Crippen molar-refractivity contribution in [1.82, 2.24) is 14.9 Å². The van der Waals surface area contributed by atoms with Crippen LogP contribution in [-0.2, 0) is 4.79 Å². The minimum atomic E-state index is -0.464. The van der Waals surface area contributed by atoms with Crippen molar-refractivity contribution in [2.24, 2.45) is 4.99 Å². The van der Waals surface area contributed by atoms with E-state index >= 15 is 0 Å². The highest BCUT2D eigenvalue weighted by Gasteiger charge is 2.18. The second-order valence-corrected chi connectivity index (χ2v) is 7.60. The number of benzene rings is 1. The molecule has 2 aromatic rings. The summed E-state index contributed by atoms with van der Waals surface area (Å²) in [6, 6.07) is 7.62. The number of hydrogen-bond donors (Lipinski definition) is 3. The van der Waals surface area contributed by atoms with Gasteiger partial charge >= 0.3 is 0 Å². The van der Waals surface area contributed by atoms with Gasteiger partial charge in [0.1, 0.15) is 5.56 Å². The van der Waals surface area contributed by atoms with Gasteiger partial charge in [-0.25, -0.2) is 4.99 Å². The normalized spacial score (nSPS) is 15.0. The van der Waals surface area contributed by atoms with Gasteiger partial charge in [-0.15, -0.1) is 0 Å². The van der Waals surface area contributed by atoms with Gasteiger partial charge in [-0.2, -0.15) is 0 Å². The van der Waals surface area contributed by atoms with Gasteiger partial charge in [0.05, 0.1) is 11.1 Å². The molecule has 3 rings (SSSR count). The minimum Gasteiger partial charge on any atom is -0.494 e. The number of aromatic hydroxyl groups is 1. The van der Waals surface area contributed by atoms with Crippen LogP contribution in [0.25, 0.3) is 11.6 Å². The van der Waals surface area contributed by atoms with Crippen LogP contribution >= 0.6 is 12.2 Å². The molecule has 3 N–H and O–H groups in total. The summed E-state index contributed by atoms with van der Waals surface area (Å²) >= 11 is 5.24. The maximum absolute atomic E-state index is 12.6. The number of H-pyrrole nitrogens is 1. The third-order valence-electron chi connectivity index (χ3n) is 5.26. The molecule has 1 aromatic heterocycles. The Balaban J connectivity index is 2.11. The number of fused-ring (bicyclic) bond motifs is 1. The van der Waals surface area contributed by atoms with Crippen LogP contribution < -0.4 is 21.5 Å². The summed E-state index contributed by atoms with van der Waals surface area (Å²) in [6.07, 6.45) is 3.32.